The Balaban J connectivity index is 2.53. The van der Waals surface area contributed by atoms with E-state index < -0.39 is 0 Å². The van der Waals surface area contributed by atoms with Crippen LogP contribution in [0.4, 0.5) is 11.8 Å². The highest BCUT2D eigenvalue weighted by molar-refractivity contribution is 7.18. The van der Waals surface area contributed by atoms with Crippen LogP contribution in [0.1, 0.15) is 39.0 Å². The number of rotatable bonds is 5. The molecule has 2 heterocycles. The lowest BCUT2D eigenvalue weighted by molar-refractivity contribution is 0.546. The summed E-state index contributed by atoms with van der Waals surface area (Å²) in [5.41, 5.74) is 0.0284. The van der Waals surface area contributed by atoms with Gasteiger partial charge in [0.25, 0.3) is 0 Å². The number of anilines is 2. The number of aryl methyl sites for hydroxylation is 1. The van der Waals surface area contributed by atoms with Crippen LogP contribution in [-0.2, 0) is 6.42 Å². The number of hydrogen-bond acceptors (Lipinski definition) is 5. The van der Waals surface area contributed by atoms with Crippen molar-refractivity contribution in [3.8, 4) is 0 Å². The molecule has 2 aromatic heterocycles. The third kappa shape index (κ3) is 2.97. The average Bonchev–Trinajstić information content (AvgIpc) is 2.81. The molecule has 0 atom stereocenters. The van der Waals surface area contributed by atoms with Gasteiger partial charge in [0.1, 0.15) is 10.6 Å². The number of nitrogens with one attached hydrogen (secondary N) is 2. The van der Waals surface area contributed by atoms with Crippen molar-refractivity contribution in [2.45, 2.75) is 46.1 Å². The van der Waals surface area contributed by atoms with Gasteiger partial charge in [-0.05, 0) is 32.8 Å². The molecule has 5 heteroatoms. The van der Waals surface area contributed by atoms with Crippen LogP contribution >= 0.6 is 11.3 Å². The van der Waals surface area contributed by atoms with Crippen molar-refractivity contribution in [2.24, 2.45) is 0 Å². The minimum Gasteiger partial charge on any atom is -0.364 e. The molecule has 0 spiro atoms. The molecule has 0 saturated carbocycles. The third-order valence-electron chi connectivity index (χ3n) is 3.36. The molecule has 0 amide bonds. The predicted molar refractivity (Wildman–Crippen MR) is 84.3 cm³/mol. The normalized spacial score (nSPS) is 11.8. The number of nitrogens with zero attached hydrogens (tertiary/aromatic N) is 2. The predicted octanol–water partition coefficient (Wildman–Crippen LogP) is 3.90. The summed E-state index contributed by atoms with van der Waals surface area (Å²) in [5, 5.41) is 7.70. The Morgan fingerprint density at radius 2 is 2.00 bits per heavy atom. The van der Waals surface area contributed by atoms with E-state index in [-0.39, 0.29) is 5.54 Å². The Bertz CT molecular complexity index is 574. The first-order chi connectivity index (χ1) is 8.99. The van der Waals surface area contributed by atoms with E-state index in [1.54, 1.807) is 11.3 Å². The molecule has 0 saturated heterocycles. The van der Waals surface area contributed by atoms with Crippen LogP contribution in [0.2, 0.25) is 0 Å². The van der Waals surface area contributed by atoms with Crippen LogP contribution in [0.25, 0.3) is 10.2 Å². The summed E-state index contributed by atoms with van der Waals surface area (Å²) in [4.78, 5) is 11.5. The molecule has 0 aliphatic heterocycles. The van der Waals surface area contributed by atoms with Gasteiger partial charge in [-0.25, -0.2) is 4.98 Å². The molecular formula is C14H22N4S. The van der Waals surface area contributed by atoms with Crippen LogP contribution in [0, 0.1) is 0 Å². The second-order valence-electron chi connectivity index (χ2n) is 5.29. The molecular weight excluding hydrogens is 256 g/mol. The van der Waals surface area contributed by atoms with E-state index in [1.165, 1.54) is 4.88 Å². The highest BCUT2D eigenvalue weighted by Crippen LogP contribution is 2.32. The molecule has 19 heavy (non-hydrogen) atoms. The molecule has 2 N–H and O–H groups in total. The maximum Gasteiger partial charge on any atom is 0.225 e. The number of thiophene rings is 1. The summed E-state index contributed by atoms with van der Waals surface area (Å²) < 4.78 is 0. The third-order valence-corrected chi connectivity index (χ3v) is 4.53. The topological polar surface area (TPSA) is 49.8 Å². The maximum absolute atomic E-state index is 4.57. The van der Waals surface area contributed by atoms with E-state index in [0.717, 1.165) is 28.9 Å². The molecule has 4 nitrogen and oxygen atoms in total. The zero-order chi connectivity index (χ0) is 14.0. The van der Waals surface area contributed by atoms with E-state index in [9.17, 15) is 0 Å². The van der Waals surface area contributed by atoms with Gasteiger partial charge in [-0.15, -0.1) is 11.3 Å². The van der Waals surface area contributed by atoms with Gasteiger partial charge in [0.15, 0.2) is 0 Å². The van der Waals surface area contributed by atoms with Crippen LogP contribution in [0.3, 0.4) is 0 Å². The lowest BCUT2D eigenvalue weighted by Crippen LogP contribution is -2.30. The molecule has 0 aliphatic carbocycles. The maximum atomic E-state index is 4.57. The smallest absolute Gasteiger partial charge is 0.225 e. The molecule has 104 valence electrons. The summed E-state index contributed by atoms with van der Waals surface area (Å²) >= 11 is 1.74. The van der Waals surface area contributed by atoms with E-state index in [4.69, 9.17) is 0 Å². The van der Waals surface area contributed by atoms with Gasteiger partial charge >= 0.3 is 0 Å². The van der Waals surface area contributed by atoms with E-state index in [2.05, 4.69) is 54.4 Å². The van der Waals surface area contributed by atoms with Gasteiger partial charge in [0.2, 0.25) is 5.95 Å². The van der Waals surface area contributed by atoms with Crippen molar-refractivity contribution >= 4 is 33.3 Å². The fourth-order valence-corrected chi connectivity index (χ4v) is 2.73. The van der Waals surface area contributed by atoms with Crippen molar-refractivity contribution in [1.82, 2.24) is 9.97 Å². The SMILES string of the molecule is CCc1cc2c(NC(C)(C)CC)nc(NC)nc2s1. The number of hydrogen-bond donors (Lipinski definition) is 2. The van der Waals surface area contributed by atoms with Crippen molar-refractivity contribution in [3.05, 3.63) is 10.9 Å². The van der Waals surface area contributed by atoms with Gasteiger partial charge in [-0.3, -0.25) is 0 Å². The quantitative estimate of drug-likeness (QED) is 0.871. The van der Waals surface area contributed by atoms with Gasteiger partial charge in [0.05, 0.1) is 5.39 Å². The minimum atomic E-state index is 0.0284. The average molecular weight is 278 g/mol. The first kappa shape index (κ1) is 14.1. The highest BCUT2D eigenvalue weighted by Gasteiger charge is 2.18. The zero-order valence-electron chi connectivity index (χ0n) is 12.3. The summed E-state index contributed by atoms with van der Waals surface area (Å²) in [7, 11) is 1.85. The van der Waals surface area contributed by atoms with Crippen molar-refractivity contribution in [1.29, 1.82) is 0 Å². The fraction of sp³-hybridized carbons (Fsp3) is 0.571. The monoisotopic (exact) mass is 278 g/mol. The van der Waals surface area contributed by atoms with Gasteiger partial charge in [0, 0.05) is 17.5 Å². The molecule has 0 unspecified atom stereocenters. The van der Waals surface area contributed by atoms with Gasteiger partial charge < -0.3 is 10.6 Å². The lowest BCUT2D eigenvalue weighted by Gasteiger charge is -2.25. The van der Waals surface area contributed by atoms with Crippen molar-refractivity contribution in [2.75, 3.05) is 17.7 Å². The molecule has 2 rings (SSSR count). The highest BCUT2D eigenvalue weighted by atomic mass is 32.1. The molecule has 0 aliphatic rings. The minimum absolute atomic E-state index is 0.0284. The molecule has 0 aromatic carbocycles. The fourth-order valence-electron chi connectivity index (χ4n) is 1.76. The Morgan fingerprint density at radius 3 is 2.58 bits per heavy atom. The second kappa shape index (κ2) is 5.33. The summed E-state index contributed by atoms with van der Waals surface area (Å²) in [6, 6.07) is 2.20. The zero-order valence-corrected chi connectivity index (χ0v) is 13.1. The Labute approximate surface area is 118 Å². The molecule has 0 fully saturated rings. The Kier molecular flexibility index (Phi) is 3.94. The number of aromatic nitrogens is 2. The van der Waals surface area contributed by atoms with E-state index in [1.807, 2.05) is 7.05 Å². The lowest BCUT2D eigenvalue weighted by atomic mass is 10.0. The van der Waals surface area contributed by atoms with Crippen molar-refractivity contribution in [3.63, 3.8) is 0 Å². The van der Waals surface area contributed by atoms with Crippen LogP contribution in [0.5, 0.6) is 0 Å². The van der Waals surface area contributed by atoms with Gasteiger partial charge in [-0.2, -0.15) is 4.98 Å². The van der Waals surface area contributed by atoms with E-state index in [0.29, 0.717) is 5.95 Å². The number of fused-ring (bicyclic) bond motifs is 1. The van der Waals surface area contributed by atoms with Gasteiger partial charge in [-0.1, -0.05) is 13.8 Å². The molecule has 0 radical (unpaired) electrons. The molecule has 0 bridgehead atoms. The van der Waals surface area contributed by atoms with E-state index >= 15 is 0 Å². The second-order valence-corrected chi connectivity index (χ2v) is 6.41. The van der Waals surface area contributed by atoms with Crippen molar-refractivity contribution < 1.29 is 0 Å². The summed E-state index contributed by atoms with van der Waals surface area (Å²) in [6.45, 7) is 8.72. The van der Waals surface area contributed by atoms with Crippen LogP contribution < -0.4 is 10.6 Å². The Hall–Kier alpha value is -1.36. The Morgan fingerprint density at radius 1 is 1.26 bits per heavy atom. The summed E-state index contributed by atoms with van der Waals surface area (Å²) in [5.74, 6) is 1.60. The van der Waals surface area contributed by atoms with Crippen LogP contribution in [0.15, 0.2) is 6.07 Å². The first-order valence-corrected chi connectivity index (χ1v) is 7.57. The first-order valence-electron chi connectivity index (χ1n) is 6.75. The standard InChI is InChI=1S/C14H22N4S/c1-6-9-8-10-11(18-14(3,4)7-2)16-13(15-5)17-12(10)19-9/h8H,6-7H2,1-5H3,(H2,15,16,17,18). The van der Waals surface area contributed by atoms with Crippen LogP contribution in [-0.4, -0.2) is 22.6 Å². The largest absolute Gasteiger partial charge is 0.364 e. The molecule has 2 aromatic rings. The summed E-state index contributed by atoms with van der Waals surface area (Å²) in [6.07, 6.45) is 2.07.